The summed E-state index contributed by atoms with van der Waals surface area (Å²) in [6.45, 7) is 10.1. The summed E-state index contributed by atoms with van der Waals surface area (Å²) in [6, 6.07) is 19.9. The number of anilines is 4. The Labute approximate surface area is 428 Å². The largest absolute Gasteiger partial charge is 0.491 e. The molecule has 0 bridgehead atoms. The second kappa shape index (κ2) is 25.4. The molecule has 0 radical (unpaired) electrons. The first-order valence-corrected chi connectivity index (χ1v) is 23.7. The maximum Gasteiger partial charge on any atom is 0.258 e. The smallest absolute Gasteiger partial charge is 0.258 e. The zero-order valence-corrected chi connectivity index (χ0v) is 42.3. The number of hydrogen-bond donors (Lipinski definition) is 4. The van der Waals surface area contributed by atoms with Crippen molar-refractivity contribution in [3.05, 3.63) is 129 Å². The zero-order chi connectivity index (χ0) is 51.2. The maximum atomic E-state index is 13.5. The Morgan fingerprint density at radius 1 is 0.571 bits per heavy atom. The van der Waals surface area contributed by atoms with Crippen molar-refractivity contribution in [2.24, 2.45) is 20.5 Å². The van der Waals surface area contributed by atoms with Crippen LogP contribution in [0.1, 0.15) is 89.7 Å². The minimum Gasteiger partial charge on any atom is -0.491 e. The highest BCUT2D eigenvalue weighted by atomic mass is 35.5. The van der Waals surface area contributed by atoms with E-state index >= 15 is 0 Å². The van der Waals surface area contributed by atoms with Crippen molar-refractivity contribution in [1.82, 2.24) is 0 Å². The fraction of sp³-hybridized carbons (Fsp3) is 0.265. The van der Waals surface area contributed by atoms with Gasteiger partial charge in [0.1, 0.15) is 11.5 Å². The number of para-hydroxylation sites is 2. The highest BCUT2D eigenvalue weighted by Gasteiger charge is 2.27. The summed E-state index contributed by atoms with van der Waals surface area (Å²) in [5.41, 5.74) is 3.08. The Morgan fingerprint density at radius 2 is 1.01 bits per heavy atom. The Balaban J connectivity index is 1.27. The van der Waals surface area contributed by atoms with Crippen molar-refractivity contribution >= 4 is 127 Å². The number of alkyl halides is 3. The predicted octanol–water partition coefficient (Wildman–Crippen LogP) is 13.0. The molecule has 21 heteroatoms. The second-order valence-corrected chi connectivity index (χ2v) is 17.6. The summed E-state index contributed by atoms with van der Waals surface area (Å²) in [5, 5.41) is 26.3. The molecule has 0 spiro atoms. The van der Waals surface area contributed by atoms with Crippen molar-refractivity contribution in [2.45, 2.75) is 70.3 Å². The van der Waals surface area contributed by atoms with E-state index in [1.54, 1.807) is 64.1 Å². The standard InChI is InChI=1S/C49H47Cl5N8O8/c1-7-69-44-33(25(3)51)11-9-13-40(44)57-46(65)35-22-31(15-18-37(35)53)59-61-42(27(5)63)48(67)55-30-17-20-39(29(21-30)24-50)56-49(68)43(28(6)64)62-60-32-16-19-38(54)36(23-32)47(66)58-41-14-10-12-34(26(4)52)45(41)70-8-2/h9-23,25-26,42-43H,7-8,24H2,1-6H3,(H,55,67)(H,56,68)(H,57,65)(H,58,66). The van der Waals surface area contributed by atoms with Crippen LogP contribution in [-0.4, -0.2) is 60.5 Å². The molecule has 5 aromatic carbocycles. The van der Waals surface area contributed by atoms with Crippen molar-refractivity contribution in [3.8, 4) is 11.5 Å². The number of rotatable bonds is 21. The van der Waals surface area contributed by atoms with E-state index in [2.05, 4.69) is 41.7 Å². The van der Waals surface area contributed by atoms with Crippen LogP contribution in [0.4, 0.5) is 34.1 Å². The van der Waals surface area contributed by atoms with Gasteiger partial charge in [-0.25, -0.2) is 0 Å². The van der Waals surface area contributed by atoms with E-state index in [0.29, 0.717) is 52.8 Å². The fourth-order valence-corrected chi connectivity index (χ4v) is 7.59. The minimum absolute atomic E-state index is 0.0281. The van der Waals surface area contributed by atoms with Crippen molar-refractivity contribution in [2.75, 3.05) is 34.5 Å². The molecule has 5 rings (SSSR count). The van der Waals surface area contributed by atoms with Gasteiger partial charge in [-0.15, -0.1) is 34.8 Å². The van der Waals surface area contributed by atoms with E-state index in [9.17, 15) is 28.8 Å². The quantitative estimate of drug-likeness (QED) is 0.0314. The SMILES string of the molecule is CCOc1c(NC(=O)c2cc(N=NC(C(C)=O)C(=O)Nc3ccc(NC(=O)C(N=Nc4ccc(Cl)c(C(=O)Nc5cccc(C(C)Cl)c5OCC)c4)C(C)=O)c(CCl)c3)ccc2Cl)cccc1C(C)Cl. The molecule has 0 fully saturated rings. The van der Waals surface area contributed by atoms with Gasteiger partial charge < -0.3 is 30.7 Å². The number of halogens is 5. The molecule has 366 valence electrons. The van der Waals surface area contributed by atoms with Gasteiger partial charge in [0.05, 0.1) is 67.9 Å². The predicted molar refractivity (Wildman–Crippen MR) is 274 cm³/mol. The highest BCUT2D eigenvalue weighted by molar-refractivity contribution is 6.35. The third kappa shape index (κ3) is 14.1. The van der Waals surface area contributed by atoms with Gasteiger partial charge in [0.15, 0.2) is 11.6 Å². The zero-order valence-electron chi connectivity index (χ0n) is 38.5. The molecular weight excluding hydrogens is 1010 g/mol. The van der Waals surface area contributed by atoms with Crippen molar-refractivity contribution < 1.29 is 38.2 Å². The summed E-state index contributed by atoms with van der Waals surface area (Å²) in [5.74, 6) is -3.51. The molecule has 0 aliphatic rings. The Morgan fingerprint density at radius 3 is 1.41 bits per heavy atom. The number of hydrogen-bond acceptors (Lipinski definition) is 12. The summed E-state index contributed by atoms with van der Waals surface area (Å²) >= 11 is 31.8. The lowest BCUT2D eigenvalue weighted by Crippen LogP contribution is -2.32. The lowest BCUT2D eigenvalue weighted by atomic mass is 10.1. The lowest BCUT2D eigenvalue weighted by molar-refractivity contribution is -0.127. The lowest BCUT2D eigenvalue weighted by Gasteiger charge is -2.17. The monoisotopic (exact) mass is 1050 g/mol. The summed E-state index contributed by atoms with van der Waals surface area (Å²) in [6.07, 6.45) is 0. The van der Waals surface area contributed by atoms with Crippen LogP contribution < -0.4 is 30.7 Å². The number of carbonyl (C=O) groups excluding carboxylic acids is 6. The summed E-state index contributed by atoms with van der Waals surface area (Å²) in [4.78, 5) is 79.2. The molecule has 4 atom stereocenters. The third-order valence-corrected chi connectivity index (χ3v) is 11.4. The van der Waals surface area contributed by atoms with Crippen LogP contribution in [0.5, 0.6) is 11.5 Å². The summed E-state index contributed by atoms with van der Waals surface area (Å²) < 4.78 is 11.6. The highest BCUT2D eigenvalue weighted by Crippen LogP contribution is 2.38. The fourth-order valence-electron chi connectivity index (χ4n) is 6.62. The van der Waals surface area contributed by atoms with Crippen LogP contribution >= 0.6 is 58.0 Å². The van der Waals surface area contributed by atoms with Gasteiger partial charge in [-0.2, -0.15) is 20.5 Å². The number of Topliss-reactive ketones (excluding diaryl/α,β-unsaturated/α-hetero) is 2. The van der Waals surface area contributed by atoms with Crippen LogP contribution in [0.15, 0.2) is 111 Å². The van der Waals surface area contributed by atoms with Gasteiger partial charge in [0.25, 0.3) is 23.6 Å². The second-order valence-electron chi connectivity index (χ2n) is 15.2. The topological polar surface area (TPSA) is 218 Å². The molecule has 0 saturated carbocycles. The van der Waals surface area contributed by atoms with E-state index < -0.39 is 58.0 Å². The molecule has 0 heterocycles. The van der Waals surface area contributed by atoms with E-state index in [4.69, 9.17) is 67.5 Å². The maximum absolute atomic E-state index is 13.5. The molecule has 4 unspecified atom stereocenters. The van der Waals surface area contributed by atoms with E-state index in [1.165, 1.54) is 54.6 Å². The van der Waals surface area contributed by atoms with Crippen LogP contribution in [0.3, 0.4) is 0 Å². The first-order valence-electron chi connectivity index (χ1n) is 21.5. The molecule has 70 heavy (non-hydrogen) atoms. The van der Waals surface area contributed by atoms with Crippen molar-refractivity contribution in [3.63, 3.8) is 0 Å². The molecule has 4 N–H and O–H groups in total. The van der Waals surface area contributed by atoms with E-state index in [-0.39, 0.29) is 49.8 Å². The first kappa shape index (κ1) is 54.5. The van der Waals surface area contributed by atoms with E-state index in [1.807, 2.05) is 0 Å². The molecule has 16 nitrogen and oxygen atoms in total. The molecular formula is C49H47Cl5N8O8. The van der Waals surface area contributed by atoms with Gasteiger partial charge in [0, 0.05) is 28.4 Å². The molecule has 5 aromatic rings. The number of nitrogens with one attached hydrogen (secondary N) is 4. The average molecular weight is 1050 g/mol. The first-order chi connectivity index (χ1) is 33.4. The van der Waals surface area contributed by atoms with Gasteiger partial charge in [-0.1, -0.05) is 47.5 Å². The van der Waals surface area contributed by atoms with Gasteiger partial charge in [-0.3, -0.25) is 28.8 Å². The Kier molecular flexibility index (Phi) is 19.8. The number of benzene rings is 5. The van der Waals surface area contributed by atoms with E-state index in [0.717, 1.165) is 13.8 Å². The number of ether oxygens (including phenoxy) is 2. The summed E-state index contributed by atoms with van der Waals surface area (Å²) in [7, 11) is 0. The van der Waals surface area contributed by atoms with Crippen LogP contribution in [0.2, 0.25) is 10.0 Å². The number of ketones is 2. The molecule has 0 aliphatic heterocycles. The number of carbonyl (C=O) groups is 6. The Hall–Kier alpha value is -6.43. The minimum atomic E-state index is -1.62. The molecule has 0 aromatic heterocycles. The van der Waals surface area contributed by atoms with Gasteiger partial charge in [0.2, 0.25) is 12.1 Å². The number of amides is 4. The van der Waals surface area contributed by atoms with Gasteiger partial charge in [-0.05, 0) is 114 Å². The van der Waals surface area contributed by atoms with Crippen LogP contribution in [0.25, 0.3) is 0 Å². The number of azo groups is 2. The van der Waals surface area contributed by atoms with Crippen LogP contribution in [0, 0.1) is 0 Å². The normalized spacial score (nSPS) is 13.0. The average Bonchev–Trinajstić information content (AvgIpc) is 3.31. The molecule has 0 aliphatic carbocycles. The third-order valence-electron chi connectivity index (χ3n) is 10.0. The number of nitrogens with zero attached hydrogens (tertiary/aromatic N) is 4. The Bertz CT molecular complexity index is 2860. The molecule has 0 saturated heterocycles. The van der Waals surface area contributed by atoms with Crippen molar-refractivity contribution in [1.29, 1.82) is 0 Å². The van der Waals surface area contributed by atoms with Crippen LogP contribution in [-0.2, 0) is 25.1 Å². The van der Waals surface area contributed by atoms with Gasteiger partial charge >= 0.3 is 0 Å². The molecule has 4 amide bonds.